The second kappa shape index (κ2) is 8.64. The molecule has 0 aliphatic rings. The monoisotopic (exact) mass is 469 g/mol. The van der Waals surface area contributed by atoms with Crippen LogP contribution in [0.4, 0.5) is 5.69 Å². The van der Waals surface area contributed by atoms with E-state index in [9.17, 15) is 14.7 Å². The third kappa shape index (κ3) is 4.10. The summed E-state index contributed by atoms with van der Waals surface area (Å²) in [6.07, 6.45) is 1.90. The zero-order valence-corrected chi connectivity index (χ0v) is 19.4. The molecule has 2 N–H and O–H groups in total. The van der Waals surface area contributed by atoms with Gasteiger partial charge < -0.3 is 19.6 Å². The van der Waals surface area contributed by atoms with Gasteiger partial charge in [-0.25, -0.2) is 4.79 Å². The minimum atomic E-state index is -1.03. The summed E-state index contributed by atoms with van der Waals surface area (Å²) in [5.41, 5.74) is 3.09. The Morgan fingerprint density at radius 3 is 2.71 bits per heavy atom. The molecule has 2 heterocycles. The van der Waals surface area contributed by atoms with E-state index in [0.29, 0.717) is 33.7 Å². The number of fused-ring (bicyclic) bond motifs is 2. The summed E-state index contributed by atoms with van der Waals surface area (Å²) in [6, 6.07) is 16.9. The maximum atomic E-state index is 13.2. The largest absolute Gasteiger partial charge is 0.497 e. The fourth-order valence-electron chi connectivity index (χ4n) is 4.25. The van der Waals surface area contributed by atoms with Gasteiger partial charge in [0.05, 0.1) is 29.6 Å². The van der Waals surface area contributed by atoms with Gasteiger partial charge in [0.1, 0.15) is 17.1 Å². The molecule has 1 unspecified atom stereocenters. The Balaban J connectivity index is 1.65. The molecule has 3 aromatic carbocycles. The van der Waals surface area contributed by atoms with Crippen LogP contribution in [0.15, 0.2) is 76.1 Å². The Morgan fingerprint density at radius 1 is 1.14 bits per heavy atom. The number of carboxylic acids is 1. The lowest BCUT2D eigenvalue weighted by molar-refractivity contribution is 0.0698. The normalized spacial score (nSPS) is 12.1. The summed E-state index contributed by atoms with van der Waals surface area (Å²) < 4.78 is 13.5. The van der Waals surface area contributed by atoms with Crippen molar-refractivity contribution in [2.24, 2.45) is 7.05 Å². The van der Waals surface area contributed by atoms with E-state index in [-0.39, 0.29) is 11.0 Å². The molecule has 0 amide bonds. The number of nitrogens with one attached hydrogen (secondary N) is 1. The van der Waals surface area contributed by atoms with Gasteiger partial charge in [-0.05, 0) is 49.4 Å². The van der Waals surface area contributed by atoms with Crippen LogP contribution in [0.2, 0.25) is 0 Å². The lowest BCUT2D eigenvalue weighted by atomic mass is 10.0. The van der Waals surface area contributed by atoms with Crippen molar-refractivity contribution in [2.45, 2.75) is 13.0 Å². The minimum Gasteiger partial charge on any atom is -0.497 e. The molecule has 0 saturated heterocycles. The molecule has 5 rings (SSSR count). The van der Waals surface area contributed by atoms with Crippen molar-refractivity contribution in [1.82, 2.24) is 9.78 Å². The van der Waals surface area contributed by atoms with Crippen molar-refractivity contribution in [1.29, 1.82) is 0 Å². The Bertz CT molecular complexity index is 1650. The number of methoxy groups -OCH3 is 1. The first-order valence-electron chi connectivity index (χ1n) is 11.0. The van der Waals surface area contributed by atoms with E-state index in [1.165, 1.54) is 19.2 Å². The highest BCUT2D eigenvalue weighted by atomic mass is 16.5. The smallest absolute Gasteiger partial charge is 0.337 e. The van der Waals surface area contributed by atoms with E-state index in [1.54, 1.807) is 35.0 Å². The first-order chi connectivity index (χ1) is 16.8. The van der Waals surface area contributed by atoms with Crippen molar-refractivity contribution < 1.29 is 19.1 Å². The van der Waals surface area contributed by atoms with Crippen molar-refractivity contribution in [2.75, 3.05) is 12.4 Å². The molecule has 0 radical (unpaired) electrons. The van der Waals surface area contributed by atoms with Crippen LogP contribution in [0.1, 0.15) is 28.9 Å². The molecule has 5 aromatic rings. The molecule has 1 atom stereocenters. The van der Waals surface area contributed by atoms with Crippen molar-refractivity contribution >= 4 is 33.5 Å². The molecule has 2 aromatic heterocycles. The molecule has 35 heavy (non-hydrogen) atoms. The summed E-state index contributed by atoms with van der Waals surface area (Å²) in [5.74, 6) is -0.0993. The second-order valence-electron chi connectivity index (χ2n) is 8.36. The standard InChI is InChI=1S/C27H23N3O5/c1-15(28-23-7-5-4-6-19(23)27(32)33)20-11-18(34-3)12-21-24(31)13-25(35-26(20)21)16-8-9-22-17(10-16)14-30(2)29-22/h4-15,28H,1-3H3,(H,32,33). The van der Waals surface area contributed by atoms with Crippen LogP contribution >= 0.6 is 0 Å². The number of aromatic carboxylic acids is 1. The Hall–Kier alpha value is -4.59. The average Bonchev–Trinajstić information content (AvgIpc) is 3.22. The number of carbonyl (C=O) groups is 1. The van der Waals surface area contributed by atoms with E-state index in [0.717, 1.165) is 16.5 Å². The van der Waals surface area contributed by atoms with Gasteiger partial charge in [0, 0.05) is 41.5 Å². The third-order valence-corrected chi connectivity index (χ3v) is 5.97. The molecule has 0 aliphatic carbocycles. The molecule has 0 aliphatic heterocycles. The quantitative estimate of drug-likeness (QED) is 0.351. The zero-order chi connectivity index (χ0) is 24.7. The van der Waals surface area contributed by atoms with Gasteiger partial charge in [-0.2, -0.15) is 5.10 Å². The number of rotatable bonds is 6. The lowest BCUT2D eigenvalue weighted by Gasteiger charge is -2.19. The van der Waals surface area contributed by atoms with Crippen LogP contribution in [-0.2, 0) is 7.05 Å². The average molecular weight is 469 g/mol. The summed E-state index contributed by atoms with van der Waals surface area (Å²) in [6.45, 7) is 1.88. The van der Waals surface area contributed by atoms with E-state index < -0.39 is 12.0 Å². The van der Waals surface area contributed by atoms with E-state index >= 15 is 0 Å². The Kier molecular flexibility index (Phi) is 5.49. The number of aromatic nitrogens is 2. The maximum Gasteiger partial charge on any atom is 0.337 e. The number of carboxylic acid groups (broad SMARTS) is 1. The van der Waals surface area contributed by atoms with Gasteiger partial charge in [0.2, 0.25) is 0 Å². The Morgan fingerprint density at radius 2 is 1.94 bits per heavy atom. The van der Waals surface area contributed by atoms with Gasteiger partial charge in [0.15, 0.2) is 5.43 Å². The van der Waals surface area contributed by atoms with Crippen LogP contribution in [0.3, 0.4) is 0 Å². The zero-order valence-electron chi connectivity index (χ0n) is 19.4. The molecular weight excluding hydrogens is 446 g/mol. The minimum absolute atomic E-state index is 0.151. The van der Waals surface area contributed by atoms with Crippen molar-refractivity contribution in [3.05, 3.63) is 88.2 Å². The van der Waals surface area contributed by atoms with Crippen molar-refractivity contribution in [3.8, 4) is 17.1 Å². The highest BCUT2D eigenvalue weighted by Gasteiger charge is 2.19. The van der Waals surface area contributed by atoms with Gasteiger partial charge >= 0.3 is 5.97 Å². The fourth-order valence-corrected chi connectivity index (χ4v) is 4.25. The van der Waals surface area contributed by atoms with Crippen LogP contribution in [-0.4, -0.2) is 28.0 Å². The second-order valence-corrected chi connectivity index (χ2v) is 8.36. The molecule has 0 bridgehead atoms. The number of hydrogen-bond donors (Lipinski definition) is 2. The summed E-state index contributed by atoms with van der Waals surface area (Å²) >= 11 is 0. The number of hydrogen-bond acceptors (Lipinski definition) is 6. The van der Waals surface area contributed by atoms with Crippen LogP contribution in [0, 0.1) is 0 Å². The van der Waals surface area contributed by atoms with Crippen LogP contribution in [0.25, 0.3) is 33.2 Å². The molecule has 176 valence electrons. The maximum absolute atomic E-state index is 13.2. The van der Waals surface area contributed by atoms with E-state index in [4.69, 9.17) is 9.15 Å². The molecular formula is C27H23N3O5. The van der Waals surface area contributed by atoms with Crippen LogP contribution in [0.5, 0.6) is 5.75 Å². The summed E-state index contributed by atoms with van der Waals surface area (Å²) in [5, 5.41) is 18.5. The van der Waals surface area contributed by atoms with Crippen molar-refractivity contribution in [3.63, 3.8) is 0 Å². The van der Waals surface area contributed by atoms with Gasteiger partial charge in [0.25, 0.3) is 0 Å². The number of para-hydroxylation sites is 1. The topological polar surface area (TPSA) is 107 Å². The first kappa shape index (κ1) is 22.2. The Labute approximate surface area is 200 Å². The molecule has 0 spiro atoms. The number of aryl methyl sites for hydroxylation is 1. The molecule has 0 saturated carbocycles. The summed E-state index contributed by atoms with van der Waals surface area (Å²) in [4.78, 5) is 24.8. The number of nitrogens with zero attached hydrogens (tertiary/aromatic N) is 2. The van der Waals surface area contributed by atoms with Gasteiger partial charge in [-0.3, -0.25) is 9.48 Å². The molecule has 0 fully saturated rings. The number of anilines is 1. The van der Waals surface area contributed by atoms with E-state index in [2.05, 4.69) is 10.4 Å². The van der Waals surface area contributed by atoms with Crippen LogP contribution < -0.4 is 15.5 Å². The molecule has 8 heteroatoms. The lowest BCUT2D eigenvalue weighted by Crippen LogP contribution is -2.12. The number of ether oxygens (including phenoxy) is 1. The highest BCUT2D eigenvalue weighted by molar-refractivity contribution is 5.94. The summed E-state index contributed by atoms with van der Waals surface area (Å²) in [7, 11) is 3.38. The SMILES string of the molecule is COc1cc(C(C)Nc2ccccc2C(=O)O)c2oc(-c3ccc4nn(C)cc4c3)cc(=O)c2c1. The van der Waals surface area contributed by atoms with E-state index in [1.807, 2.05) is 38.4 Å². The predicted octanol–water partition coefficient (Wildman–Crippen LogP) is 5.23. The number of benzene rings is 3. The third-order valence-electron chi connectivity index (χ3n) is 5.97. The molecule has 8 nitrogen and oxygen atoms in total. The first-order valence-corrected chi connectivity index (χ1v) is 11.0. The fraction of sp³-hybridized carbons (Fsp3) is 0.148. The predicted molar refractivity (Wildman–Crippen MR) is 134 cm³/mol. The van der Waals surface area contributed by atoms with Gasteiger partial charge in [-0.15, -0.1) is 0 Å². The van der Waals surface area contributed by atoms with Gasteiger partial charge in [-0.1, -0.05) is 12.1 Å². The highest BCUT2D eigenvalue weighted by Crippen LogP contribution is 2.33.